The molecule has 5 nitrogen and oxygen atoms in total. The number of carbonyl (C=O) groups excluding carboxylic acids is 1. The second-order valence-electron chi connectivity index (χ2n) is 4.50. The molecular formula is C16H18N2O3. The molecule has 0 aromatic heterocycles. The van der Waals surface area contributed by atoms with Crippen LogP contribution in [0.5, 0.6) is 0 Å². The number of hydroxylamine groups is 1. The minimum Gasteiger partial charge on any atom is -0.394 e. The normalized spacial score (nSPS) is 11.7. The van der Waals surface area contributed by atoms with E-state index in [1.807, 2.05) is 60.7 Å². The molecular weight excluding hydrogens is 268 g/mol. The summed E-state index contributed by atoms with van der Waals surface area (Å²) < 4.78 is 0. The number of hydrogen-bond acceptors (Lipinski definition) is 3. The zero-order valence-corrected chi connectivity index (χ0v) is 11.5. The lowest BCUT2D eigenvalue weighted by Gasteiger charge is -2.17. The monoisotopic (exact) mass is 286 g/mol. The Kier molecular flexibility index (Phi) is 5.75. The number of benzene rings is 2. The van der Waals surface area contributed by atoms with Crippen molar-refractivity contribution in [1.82, 2.24) is 10.8 Å². The van der Waals surface area contributed by atoms with E-state index >= 15 is 0 Å². The van der Waals surface area contributed by atoms with Crippen LogP contribution in [0.3, 0.4) is 0 Å². The molecule has 1 unspecified atom stereocenters. The van der Waals surface area contributed by atoms with Crippen molar-refractivity contribution < 1.29 is 14.7 Å². The average molecular weight is 286 g/mol. The topological polar surface area (TPSA) is 70.6 Å². The summed E-state index contributed by atoms with van der Waals surface area (Å²) in [7, 11) is 0. The van der Waals surface area contributed by atoms with Crippen LogP contribution in [0.4, 0.5) is 4.79 Å². The lowest BCUT2D eigenvalue weighted by molar-refractivity contribution is 0.0472. The van der Waals surface area contributed by atoms with Gasteiger partial charge in [0.1, 0.15) is 0 Å². The summed E-state index contributed by atoms with van der Waals surface area (Å²) in [5.74, 6) is 0. The van der Waals surface area contributed by atoms with Gasteiger partial charge in [0.25, 0.3) is 0 Å². The van der Waals surface area contributed by atoms with Gasteiger partial charge in [-0.05, 0) is 11.1 Å². The highest BCUT2D eigenvalue weighted by atomic mass is 16.7. The van der Waals surface area contributed by atoms with Gasteiger partial charge in [-0.15, -0.1) is 0 Å². The Morgan fingerprint density at radius 1 is 1.05 bits per heavy atom. The number of aliphatic hydroxyl groups is 1. The van der Waals surface area contributed by atoms with Crippen LogP contribution in [0.15, 0.2) is 60.7 Å². The van der Waals surface area contributed by atoms with Gasteiger partial charge in [0.05, 0.1) is 19.3 Å². The third kappa shape index (κ3) is 4.91. The van der Waals surface area contributed by atoms with Crippen LogP contribution < -0.4 is 10.8 Å². The molecule has 1 atom stereocenters. The van der Waals surface area contributed by atoms with Gasteiger partial charge in [0.2, 0.25) is 0 Å². The summed E-state index contributed by atoms with van der Waals surface area (Å²) in [6.45, 7) is 0.0967. The lowest BCUT2D eigenvalue weighted by Crippen LogP contribution is -2.39. The number of carbonyl (C=O) groups is 1. The Bertz CT molecular complexity index is 546. The largest absolute Gasteiger partial charge is 0.394 e. The summed E-state index contributed by atoms with van der Waals surface area (Å²) in [5, 5.41) is 12.0. The first-order valence-electron chi connectivity index (χ1n) is 6.67. The van der Waals surface area contributed by atoms with Crippen molar-refractivity contribution in [2.75, 3.05) is 6.61 Å². The van der Waals surface area contributed by atoms with E-state index in [1.165, 1.54) is 0 Å². The summed E-state index contributed by atoms with van der Waals surface area (Å²) in [4.78, 5) is 16.8. The van der Waals surface area contributed by atoms with E-state index in [0.29, 0.717) is 0 Å². The van der Waals surface area contributed by atoms with Gasteiger partial charge in [-0.25, -0.2) is 10.3 Å². The van der Waals surface area contributed by atoms with E-state index in [-0.39, 0.29) is 13.2 Å². The molecule has 2 amide bonds. The number of rotatable bonds is 6. The fraction of sp³-hybridized carbons (Fsp3) is 0.188. The average Bonchev–Trinajstić information content (AvgIpc) is 2.54. The highest BCUT2D eigenvalue weighted by Crippen LogP contribution is 2.11. The molecule has 0 aliphatic heterocycles. The van der Waals surface area contributed by atoms with E-state index in [9.17, 15) is 9.90 Å². The molecule has 0 heterocycles. The van der Waals surface area contributed by atoms with E-state index in [2.05, 4.69) is 10.8 Å². The maximum Gasteiger partial charge on any atom is 0.339 e. The van der Waals surface area contributed by atoms with E-state index in [1.54, 1.807) is 0 Å². The maximum absolute atomic E-state index is 11.7. The second kappa shape index (κ2) is 8.04. The third-order valence-electron chi connectivity index (χ3n) is 2.94. The predicted octanol–water partition coefficient (Wildman–Crippen LogP) is 2.15. The maximum atomic E-state index is 11.7. The fourth-order valence-corrected chi connectivity index (χ4v) is 1.87. The van der Waals surface area contributed by atoms with Crippen LogP contribution in [0.2, 0.25) is 0 Å². The highest BCUT2D eigenvalue weighted by Gasteiger charge is 2.12. The van der Waals surface area contributed by atoms with Gasteiger partial charge in [-0.3, -0.25) is 4.84 Å². The molecule has 0 saturated carbocycles. The Labute approximate surface area is 123 Å². The molecule has 2 aromatic rings. The molecule has 0 fully saturated rings. The van der Waals surface area contributed by atoms with Crippen molar-refractivity contribution in [2.24, 2.45) is 0 Å². The molecule has 3 N–H and O–H groups in total. The van der Waals surface area contributed by atoms with E-state index in [4.69, 9.17) is 4.84 Å². The number of aliphatic hydroxyl groups excluding tert-OH is 1. The van der Waals surface area contributed by atoms with Gasteiger partial charge < -0.3 is 10.4 Å². The van der Waals surface area contributed by atoms with Gasteiger partial charge in [0, 0.05) is 0 Å². The van der Waals surface area contributed by atoms with Crippen molar-refractivity contribution in [3.63, 3.8) is 0 Å². The summed E-state index contributed by atoms with van der Waals surface area (Å²) in [6.07, 6.45) is 0. The number of nitrogens with one attached hydrogen (secondary N) is 2. The molecule has 0 bridgehead atoms. The Hall–Kier alpha value is -2.37. The van der Waals surface area contributed by atoms with Crippen LogP contribution in [-0.2, 0) is 11.4 Å². The molecule has 5 heteroatoms. The van der Waals surface area contributed by atoms with Gasteiger partial charge in [-0.2, -0.15) is 0 Å². The van der Waals surface area contributed by atoms with Gasteiger partial charge in [-0.1, -0.05) is 60.7 Å². The lowest BCUT2D eigenvalue weighted by atomic mass is 10.1. The molecule has 21 heavy (non-hydrogen) atoms. The third-order valence-corrected chi connectivity index (χ3v) is 2.94. The van der Waals surface area contributed by atoms with Crippen molar-refractivity contribution >= 4 is 6.03 Å². The summed E-state index contributed by atoms with van der Waals surface area (Å²) in [6, 6.07) is 17.8. The molecule has 0 aliphatic rings. The number of urea groups is 1. The van der Waals surface area contributed by atoms with Crippen molar-refractivity contribution in [3.05, 3.63) is 71.8 Å². The molecule has 2 rings (SSSR count). The Balaban J connectivity index is 1.78. The molecule has 0 radical (unpaired) electrons. The van der Waals surface area contributed by atoms with Gasteiger partial charge >= 0.3 is 6.03 Å². The number of amides is 2. The standard InChI is InChI=1S/C16H18N2O3/c19-11-15(14-9-5-2-6-10-14)17-16(20)18-21-12-13-7-3-1-4-8-13/h1-10,15,19H,11-12H2,(H2,17,18,20). The van der Waals surface area contributed by atoms with Crippen LogP contribution >= 0.6 is 0 Å². The summed E-state index contributed by atoms with van der Waals surface area (Å²) >= 11 is 0. The quantitative estimate of drug-likeness (QED) is 0.713. The molecule has 0 spiro atoms. The van der Waals surface area contributed by atoms with Crippen LogP contribution in [-0.4, -0.2) is 17.7 Å². The first kappa shape index (κ1) is 15.0. The Morgan fingerprint density at radius 3 is 2.29 bits per heavy atom. The zero-order valence-electron chi connectivity index (χ0n) is 11.5. The van der Waals surface area contributed by atoms with Crippen LogP contribution in [0.1, 0.15) is 17.2 Å². The fourth-order valence-electron chi connectivity index (χ4n) is 1.87. The second-order valence-corrected chi connectivity index (χ2v) is 4.50. The highest BCUT2D eigenvalue weighted by molar-refractivity contribution is 5.73. The molecule has 110 valence electrons. The predicted molar refractivity (Wildman–Crippen MR) is 79.2 cm³/mol. The minimum atomic E-state index is -0.492. The van der Waals surface area contributed by atoms with Crippen molar-refractivity contribution in [2.45, 2.75) is 12.6 Å². The Morgan fingerprint density at radius 2 is 1.67 bits per heavy atom. The van der Waals surface area contributed by atoms with Crippen molar-refractivity contribution in [1.29, 1.82) is 0 Å². The van der Waals surface area contributed by atoms with E-state index < -0.39 is 12.1 Å². The molecule has 0 aliphatic carbocycles. The summed E-state index contributed by atoms with van der Waals surface area (Å²) in [5.41, 5.74) is 4.09. The van der Waals surface area contributed by atoms with Gasteiger partial charge in [0.15, 0.2) is 0 Å². The first-order valence-corrected chi connectivity index (χ1v) is 6.67. The minimum absolute atomic E-state index is 0.184. The number of hydrogen-bond donors (Lipinski definition) is 3. The smallest absolute Gasteiger partial charge is 0.339 e. The first-order chi connectivity index (χ1) is 10.3. The SMILES string of the molecule is O=C(NOCc1ccccc1)NC(CO)c1ccccc1. The van der Waals surface area contributed by atoms with Crippen LogP contribution in [0.25, 0.3) is 0 Å². The zero-order chi connectivity index (χ0) is 14.9. The van der Waals surface area contributed by atoms with Crippen LogP contribution in [0, 0.1) is 0 Å². The molecule has 0 saturated heterocycles. The van der Waals surface area contributed by atoms with Crippen molar-refractivity contribution in [3.8, 4) is 0 Å². The molecule has 2 aromatic carbocycles. The van der Waals surface area contributed by atoms with E-state index in [0.717, 1.165) is 11.1 Å².